The highest BCUT2D eigenvalue weighted by molar-refractivity contribution is 5.92. The van der Waals surface area contributed by atoms with Gasteiger partial charge < -0.3 is 29.9 Å². The van der Waals surface area contributed by atoms with Crippen molar-refractivity contribution in [1.82, 2.24) is 15.1 Å². The molecular weight excluding hydrogens is 500 g/mol. The number of esters is 1. The summed E-state index contributed by atoms with van der Waals surface area (Å²) in [6, 6.07) is 15.5. The van der Waals surface area contributed by atoms with Crippen LogP contribution in [-0.2, 0) is 32.2 Å². The van der Waals surface area contributed by atoms with Crippen molar-refractivity contribution < 1.29 is 28.7 Å². The fourth-order valence-electron chi connectivity index (χ4n) is 4.72. The predicted molar refractivity (Wildman–Crippen MR) is 145 cm³/mol. The van der Waals surface area contributed by atoms with Gasteiger partial charge in [0, 0.05) is 31.4 Å². The molecule has 2 aliphatic heterocycles. The van der Waals surface area contributed by atoms with Gasteiger partial charge in [-0.1, -0.05) is 48.5 Å². The molecule has 0 aliphatic carbocycles. The molecule has 1 atom stereocenters. The lowest BCUT2D eigenvalue weighted by molar-refractivity contribution is -0.150. The monoisotopic (exact) mass is 536 g/mol. The molecule has 2 N–H and O–H groups in total. The van der Waals surface area contributed by atoms with Crippen molar-refractivity contribution in [3.63, 3.8) is 0 Å². The number of hydrogen-bond acceptors (Lipinski definition) is 6. The summed E-state index contributed by atoms with van der Waals surface area (Å²) in [4.78, 5) is 54.7. The van der Waals surface area contributed by atoms with Crippen molar-refractivity contribution >= 4 is 29.7 Å². The fourth-order valence-corrected chi connectivity index (χ4v) is 4.72. The van der Waals surface area contributed by atoms with Crippen LogP contribution >= 0.6 is 0 Å². The number of ether oxygens (including phenoxy) is 2. The van der Waals surface area contributed by atoms with Crippen molar-refractivity contribution in [3.05, 3.63) is 65.7 Å². The molecule has 4 rings (SSSR count). The normalized spacial score (nSPS) is 16.5. The summed E-state index contributed by atoms with van der Waals surface area (Å²) in [6.07, 6.45) is 0.176. The van der Waals surface area contributed by atoms with Gasteiger partial charge in [-0.3, -0.25) is 4.79 Å². The Bertz CT molecular complexity index is 1190. The first-order valence-corrected chi connectivity index (χ1v) is 13.2. The molecule has 208 valence electrons. The highest BCUT2D eigenvalue weighted by Gasteiger charge is 2.34. The van der Waals surface area contributed by atoms with Gasteiger partial charge in [0.15, 0.2) is 0 Å². The minimum absolute atomic E-state index is 0.00562. The summed E-state index contributed by atoms with van der Waals surface area (Å²) in [7, 11) is 0. The zero-order chi connectivity index (χ0) is 28.0. The molecule has 2 aliphatic rings. The minimum Gasteiger partial charge on any atom is -0.459 e. The maximum absolute atomic E-state index is 13.2. The average molecular weight is 537 g/mol. The number of amides is 4. The summed E-state index contributed by atoms with van der Waals surface area (Å²) in [6.45, 7) is 6.56. The van der Waals surface area contributed by atoms with E-state index in [9.17, 15) is 19.2 Å². The summed E-state index contributed by atoms with van der Waals surface area (Å²) in [5, 5.41) is 5.45. The molecule has 0 saturated carbocycles. The van der Waals surface area contributed by atoms with Crippen molar-refractivity contribution in [1.29, 1.82) is 0 Å². The van der Waals surface area contributed by atoms with E-state index in [2.05, 4.69) is 10.6 Å². The SMILES string of the molecule is CC(C)(C)OC(=O)NC(CC(=O)N1CCC(N2Cc3ccccc3NC2=O)CC1)C(=O)OCc1ccccc1. The van der Waals surface area contributed by atoms with E-state index >= 15 is 0 Å². The minimum atomic E-state index is -1.20. The molecule has 1 saturated heterocycles. The van der Waals surface area contributed by atoms with Crippen LogP contribution in [0.4, 0.5) is 15.3 Å². The Morgan fingerprint density at radius 3 is 2.38 bits per heavy atom. The second kappa shape index (κ2) is 12.2. The number of nitrogens with zero attached hydrogens (tertiary/aromatic N) is 2. The van der Waals surface area contributed by atoms with Crippen LogP contribution in [0.15, 0.2) is 54.6 Å². The molecule has 4 amide bonds. The van der Waals surface area contributed by atoms with Crippen molar-refractivity contribution in [2.24, 2.45) is 0 Å². The maximum atomic E-state index is 13.2. The molecular formula is C29H36N4O6. The first-order chi connectivity index (χ1) is 18.6. The number of piperidine rings is 1. The van der Waals surface area contributed by atoms with Crippen molar-refractivity contribution in [2.75, 3.05) is 18.4 Å². The predicted octanol–water partition coefficient (Wildman–Crippen LogP) is 4.05. The highest BCUT2D eigenvalue weighted by atomic mass is 16.6. The summed E-state index contributed by atoms with van der Waals surface area (Å²) in [5.41, 5.74) is 1.91. The molecule has 0 spiro atoms. The van der Waals surface area contributed by atoms with E-state index in [1.807, 2.05) is 59.5 Å². The Balaban J connectivity index is 1.34. The lowest BCUT2D eigenvalue weighted by atomic mass is 10.00. The van der Waals surface area contributed by atoms with E-state index in [1.165, 1.54) is 0 Å². The number of carbonyl (C=O) groups is 4. The molecule has 0 bridgehead atoms. The van der Waals surface area contributed by atoms with Gasteiger partial charge in [0.2, 0.25) is 5.91 Å². The quantitative estimate of drug-likeness (QED) is 0.516. The van der Waals surface area contributed by atoms with Gasteiger partial charge in [0.1, 0.15) is 18.2 Å². The first kappa shape index (κ1) is 27.9. The standard InChI is InChI=1S/C29H36N4O6/c1-29(2,3)39-28(37)31-24(26(35)38-19-20-9-5-4-6-10-20)17-25(34)32-15-13-22(14-16-32)33-18-21-11-7-8-12-23(21)30-27(33)36/h4-12,22,24H,13-19H2,1-3H3,(H,30,36)(H,31,37). The number of anilines is 1. The van der Waals surface area contributed by atoms with Crippen LogP contribution in [0, 0.1) is 0 Å². The molecule has 10 heteroatoms. The third-order valence-corrected chi connectivity index (χ3v) is 6.70. The third kappa shape index (κ3) is 7.72. The summed E-state index contributed by atoms with van der Waals surface area (Å²) < 4.78 is 10.7. The largest absolute Gasteiger partial charge is 0.459 e. The molecule has 1 unspecified atom stereocenters. The number of benzene rings is 2. The van der Waals surface area contributed by atoms with Gasteiger partial charge in [-0.2, -0.15) is 0 Å². The van der Waals surface area contributed by atoms with Crippen LogP contribution in [0.5, 0.6) is 0 Å². The highest BCUT2D eigenvalue weighted by Crippen LogP contribution is 2.27. The second-order valence-electron chi connectivity index (χ2n) is 10.8. The Kier molecular flexibility index (Phi) is 8.73. The van der Waals surface area contributed by atoms with Gasteiger partial charge in [-0.05, 0) is 50.8 Å². The average Bonchev–Trinajstić information content (AvgIpc) is 2.90. The Labute approximate surface area is 228 Å². The zero-order valence-corrected chi connectivity index (χ0v) is 22.6. The Morgan fingerprint density at radius 1 is 1.03 bits per heavy atom. The van der Waals surface area contributed by atoms with Gasteiger partial charge in [0.25, 0.3) is 0 Å². The smallest absolute Gasteiger partial charge is 0.408 e. The summed E-state index contributed by atoms with van der Waals surface area (Å²) >= 11 is 0. The number of carbonyl (C=O) groups excluding carboxylic acids is 4. The number of hydrogen-bond donors (Lipinski definition) is 2. The molecule has 2 aromatic carbocycles. The van der Waals surface area contributed by atoms with E-state index in [1.54, 1.807) is 25.7 Å². The molecule has 10 nitrogen and oxygen atoms in total. The summed E-state index contributed by atoms with van der Waals surface area (Å²) in [5.74, 6) is -0.990. The van der Waals surface area contributed by atoms with Crippen LogP contribution in [0.1, 0.15) is 51.2 Å². The number of urea groups is 1. The van der Waals surface area contributed by atoms with Crippen molar-refractivity contribution in [3.8, 4) is 0 Å². The number of fused-ring (bicyclic) bond motifs is 1. The third-order valence-electron chi connectivity index (χ3n) is 6.70. The van der Waals surface area contributed by atoms with E-state index in [0.29, 0.717) is 32.5 Å². The van der Waals surface area contributed by atoms with Crippen LogP contribution in [-0.4, -0.2) is 64.6 Å². The molecule has 39 heavy (non-hydrogen) atoms. The van der Waals surface area contributed by atoms with E-state index in [-0.39, 0.29) is 31.0 Å². The fraction of sp³-hybridized carbons (Fsp3) is 0.448. The number of alkyl carbamates (subject to hydrolysis) is 1. The lowest BCUT2D eigenvalue weighted by Gasteiger charge is -2.40. The van der Waals surface area contributed by atoms with Crippen LogP contribution < -0.4 is 10.6 Å². The van der Waals surface area contributed by atoms with Crippen LogP contribution in [0.25, 0.3) is 0 Å². The Morgan fingerprint density at radius 2 is 1.69 bits per heavy atom. The van der Waals surface area contributed by atoms with Gasteiger partial charge in [0.05, 0.1) is 6.42 Å². The molecule has 2 aromatic rings. The first-order valence-electron chi connectivity index (χ1n) is 13.2. The number of nitrogens with one attached hydrogen (secondary N) is 2. The van der Waals surface area contributed by atoms with Crippen molar-refractivity contribution in [2.45, 2.75) is 70.9 Å². The maximum Gasteiger partial charge on any atom is 0.408 e. The second-order valence-corrected chi connectivity index (χ2v) is 10.8. The van der Waals surface area contributed by atoms with Crippen LogP contribution in [0.3, 0.4) is 0 Å². The van der Waals surface area contributed by atoms with Gasteiger partial charge in [-0.25, -0.2) is 14.4 Å². The topological polar surface area (TPSA) is 117 Å². The van der Waals surface area contributed by atoms with Gasteiger partial charge >= 0.3 is 18.1 Å². The molecule has 2 heterocycles. The van der Waals surface area contributed by atoms with E-state index in [4.69, 9.17) is 9.47 Å². The zero-order valence-electron chi connectivity index (χ0n) is 22.6. The van der Waals surface area contributed by atoms with Gasteiger partial charge in [-0.15, -0.1) is 0 Å². The van der Waals surface area contributed by atoms with E-state index in [0.717, 1.165) is 16.8 Å². The molecule has 1 fully saturated rings. The van der Waals surface area contributed by atoms with E-state index < -0.39 is 23.7 Å². The number of likely N-dealkylation sites (tertiary alicyclic amines) is 1. The number of rotatable bonds is 7. The Hall–Kier alpha value is -4.08. The lowest BCUT2D eigenvalue weighted by Crippen LogP contribution is -2.52. The molecule has 0 aromatic heterocycles. The molecule has 0 radical (unpaired) electrons. The number of para-hydroxylation sites is 1. The van der Waals surface area contributed by atoms with Crippen LogP contribution in [0.2, 0.25) is 0 Å².